The minimum absolute atomic E-state index is 0.0311. The van der Waals surface area contributed by atoms with Crippen LogP contribution in [-0.2, 0) is 0 Å². The molecule has 1 fully saturated rings. The zero-order valence-corrected chi connectivity index (χ0v) is 17.6. The molecule has 1 saturated heterocycles. The fraction of sp³-hybridized carbons (Fsp3) is 0.458. The van der Waals surface area contributed by atoms with Gasteiger partial charge in [0.25, 0.3) is 0 Å². The summed E-state index contributed by atoms with van der Waals surface area (Å²) in [5.74, 6) is 1.36. The maximum atomic E-state index is 12.5. The largest absolute Gasteiger partial charge is 0.494 e. The van der Waals surface area contributed by atoms with E-state index in [1.165, 1.54) is 51.5 Å². The molecule has 0 saturated carbocycles. The Bertz CT molecular complexity index is 958. The second-order valence-corrected chi connectivity index (χ2v) is 8.76. The molecule has 1 unspecified atom stereocenters. The maximum Gasteiger partial charge on any atom is 0.193 e. The summed E-state index contributed by atoms with van der Waals surface area (Å²) in [5.41, 5.74) is 0.570. The van der Waals surface area contributed by atoms with Crippen LogP contribution in [0.4, 0.5) is 0 Å². The Morgan fingerprint density at radius 2 is 2.03 bits per heavy atom. The highest BCUT2D eigenvalue weighted by atomic mass is 32.1. The first-order chi connectivity index (χ1) is 14.3. The lowest BCUT2D eigenvalue weighted by Gasteiger charge is -2.23. The number of hydrogen-bond acceptors (Lipinski definition) is 5. The fourth-order valence-corrected chi connectivity index (χ4v) is 4.65. The zero-order chi connectivity index (χ0) is 19.9. The summed E-state index contributed by atoms with van der Waals surface area (Å²) in [5, 5.41) is 6.16. The van der Waals surface area contributed by atoms with E-state index in [4.69, 9.17) is 9.15 Å². The van der Waals surface area contributed by atoms with Gasteiger partial charge in [-0.05, 0) is 61.9 Å². The number of unbranched alkanes of at least 4 members (excludes halogenated alkanes) is 3. The van der Waals surface area contributed by atoms with Gasteiger partial charge in [0.1, 0.15) is 17.1 Å². The minimum Gasteiger partial charge on any atom is -0.494 e. The van der Waals surface area contributed by atoms with Crippen LogP contribution in [0, 0.1) is 0 Å². The van der Waals surface area contributed by atoms with Crippen molar-refractivity contribution in [2.24, 2.45) is 0 Å². The predicted octanol–water partition coefficient (Wildman–Crippen LogP) is 5.99. The Balaban J connectivity index is 1.24. The van der Waals surface area contributed by atoms with Gasteiger partial charge < -0.3 is 14.5 Å². The highest BCUT2D eigenvalue weighted by molar-refractivity contribution is 7.13. The third kappa shape index (κ3) is 5.49. The summed E-state index contributed by atoms with van der Waals surface area (Å²) in [4.78, 5) is 13.5. The molecule has 0 spiro atoms. The maximum absolute atomic E-state index is 12.5. The van der Waals surface area contributed by atoms with Gasteiger partial charge in [-0.15, -0.1) is 11.3 Å². The van der Waals surface area contributed by atoms with Crippen LogP contribution < -0.4 is 15.5 Å². The Morgan fingerprint density at radius 1 is 1.10 bits per heavy atom. The molecule has 0 aliphatic carbocycles. The first kappa shape index (κ1) is 20.2. The molecule has 1 aliphatic heterocycles. The number of rotatable bonds is 9. The minimum atomic E-state index is -0.0311. The average molecular weight is 412 g/mol. The number of fused-ring (bicyclic) bond motifs is 1. The molecule has 4 nitrogen and oxygen atoms in total. The lowest BCUT2D eigenvalue weighted by molar-refractivity contribution is 0.302. The van der Waals surface area contributed by atoms with Gasteiger partial charge in [0, 0.05) is 12.1 Å². The normalized spacial score (nSPS) is 16.9. The van der Waals surface area contributed by atoms with Crippen LogP contribution in [0.2, 0.25) is 0 Å². The van der Waals surface area contributed by atoms with Crippen molar-refractivity contribution in [2.75, 3.05) is 13.2 Å². The van der Waals surface area contributed by atoms with Crippen molar-refractivity contribution >= 4 is 22.3 Å². The van der Waals surface area contributed by atoms with Crippen molar-refractivity contribution in [1.82, 2.24) is 5.32 Å². The Kier molecular flexibility index (Phi) is 7.01. The molecule has 0 radical (unpaired) electrons. The van der Waals surface area contributed by atoms with E-state index in [9.17, 15) is 4.79 Å². The molecule has 4 rings (SSSR count). The van der Waals surface area contributed by atoms with E-state index in [1.807, 2.05) is 29.6 Å². The third-order valence-corrected chi connectivity index (χ3v) is 6.48. The molecular formula is C24H29NO3S. The van der Waals surface area contributed by atoms with Crippen molar-refractivity contribution in [1.29, 1.82) is 0 Å². The number of ether oxygens (including phenoxy) is 1. The lowest BCUT2D eigenvalue weighted by atomic mass is 9.99. The van der Waals surface area contributed by atoms with Crippen LogP contribution in [0.25, 0.3) is 21.6 Å². The van der Waals surface area contributed by atoms with Gasteiger partial charge in [-0.25, -0.2) is 0 Å². The van der Waals surface area contributed by atoms with Gasteiger partial charge in [0.05, 0.1) is 16.9 Å². The fourth-order valence-electron chi connectivity index (χ4n) is 3.97. The van der Waals surface area contributed by atoms with Gasteiger partial charge in [0.15, 0.2) is 5.43 Å². The van der Waals surface area contributed by atoms with Crippen molar-refractivity contribution in [3.63, 3.8) is 0 Å². The monoisotopic (exact) mass is 411 g/mol. The van der Waals surface area contributed by atoms with Crippen LogP contribution in [0.15, 0.2) is 51.0 Å². The molecule has 29 heavy (non-hydrogen) atoms. The van der Waals surface area contributed by atoms with E-state index >= 15 is 0 Å². The molecule has 2 aromatic heterocycles. The number of piperidine rings is 1. The summed E-state index contributed by atoms with van der Waals surface area (Å²) in [6.07, 6.45) is 10.1. The van der Waals surface area contributed by atoms with Gasteiger partial charge in [0.2, 0.25) is 0 Å². The van der Waals surface area contributed by atoms with Crippen LogP contribution in [0.3, 0.4) is 0 Å². The van der Waals surface area contributed by atoms with E-state index < -0.39 is 0 Å². The molecule has 0 bridgehead atoms. The predicted molar refractivity (Wildman–Crippen MR) is 120 cm³/mol. The second-order valence-electron chi connectivity index (χ2n) is 7.81. The Hall–Kier alpha value is -2.11. The van der Waals surface area contributed by atoms with Crippen molar-refractivity contribution in [3.8, 4) is 16.4 Å². The second kappa shape index (κ2) is 10.1. The third-order valence-electron chi connectivity index (χ3n) is 5.59. The molecule has 1 N–H and O–H groups in total. The van der Waals surface area contributed by atoms with Crippen molar-refractivity contribution in [2.45, 2.75) is 57.4 Å². The molecule has 5 heteroatoms. The quantitative estimate of drug-likeness (QED) is 0.439. The highest BCUT2D eigenvalue weighted by Crippen LogP contribution is 2.27. The Labute approximate surface area is 175 Å². The molecule has 0 amide bonds. The highest BCUT2D eigenvalue weighted by Gasteiger charge is 2.11. The molecule has 1 aliphatic rings. The lowest BCUT2D eigenvalue weighted by Crippen LogP contribution is -2.33. The molecule has 3 aromatic rings. The molecule has 154 valence electrons. The smallest absolute Gasteiger partial charge is 0.193 e. The number of hydrogen-bond donors (Lipinski definition) is 1. The van der Waals surface area contributed by atoms with Gasteiger partial charge in [-0.3, -0.25) is 4.79 Å². The number of thiophene rings is 1. The van der Waals surface area contributed by atoms with Gasteiger partial charge >= 0.3 is 0 Å². The number of nitrogens with one attached hydrogen (secondary N) is 1. The first-order valence-electron chi connectivity index (χ1n) is 10.8. The standard InChI is InChI=1S/C24H29NO3S/c26-21-17-23(24-10-7-15-29-24)28-22-12-11-19(16-20(21)22)27-14-6-2-1-3-8-18-9-4-5-13-25-18/h7,10-12,15-18,25H,1-6,8-9,13-14H2. The topological polar surface area (TPSA) is 51.5 Å². The molecule has 3 heterocycles. The van der Waals surface area contributed by atoms with Crippen LogP contribution in [-0.4, -0.2) is 19.2 Å². The molecular weight excluding hydrogens is 382 g/mol. The van der Waals surface area contributed by atoms with Crippen LogP contribution >= 0.6 is 11.3 Å². The summed E-state index contributed by atoms with van der Waals surface area (Å²) >= 11 is 1.56. The first-order valence-corrected chi connectivity index (χ1v) is 11.7. The van der Waals surface area contributed by atoms with Gasteiger partial charge in [-0.2, -0.15) is 0 Å². The summed E-state index contributed by atoms with van der Waals surface area (Å²) < 4.78 is 11.8. The van der Waals surface area contributed by atoms with E-state index in [0.717, 1.165) is 23.1 Å². The average Bonchev–Trinajstić information content (AvgIpc) is 3.29. The summed E-state index contributed by atoms with van der Waals surface area (Å²) in [7, 11) is 0. The van der Waals surface area contributed by atoms with Crippen molar-refractivity contribution < 1.29 is 9.15 Å². The Morgan fingerprint density at radius 3 is 2.86 bits per heavy atom. The van der Waals surface area contributed by atoms with E-state index in [-0.39, 0.29) is 5.43 Å². The summed E-state index contributed by atoms with van der Waals surface area (Å²) in [6.45, 7) is 1.88. The van der Waals surface area contributed by atoms with E-state index in [0.29, 0.717) is 23.3 Å². The SMILES string of the molecule is O=c1cc(-c2cccs2)oc2ccc(OCCCCCCC3CCCCN3)cc12. The van der Waals surface area contributed by atoms with Crippen molar-refractivity contribution in [3.05, 3.63) is 52.0 Å². The van der Waals surface area contributed by atoms with E-state index in [1.54, 1.807) is 23.5 Å². The molecule has 1 atom stereocenters. The zero-order valence-electron chi connectivity index (χ0n) is 16.8. The van der Waals surface area contributed by atoms with Crippen LogP contribution in [0.5, 0.6) is 5.75 Å². The van der Waals surface area contributed by atoms with Crippen LogP contribution in [0.1, 0.15) is 51.4 Å². The van der Waals surface area contributed by atoms with E-state index in [2.05, 4.69) is 5.32 Å². The number of benzene rings is 1. The summed E-state index contributed by atoms with van der Waals surface area (Å²) in [6, 6.07) is 11.7. The molecule has 1 aromatic carbocycles. The van der Waals surface area contributed by atoms with Gasteiger partial charge in [-0.1, -0.05) is 31.7 Å².